The van der Waals surface area contributed by atoms with Gasteiger partial charge in [0, 0.05) is 31.1 Å². The molecule has 1 aromatic rings. The quantitative estimate of drug-likeness (QED) is 0.122. The second-order valence-corrected chi connectivity index (χ2v) is 12.7. The number of amides is 2. The summed E-state index contributed by atoms with van der Waals surface area (Å²) in [6, 6.07) is 2.73. The fourth-order valence-electron chi connectivity index (χ4n) is 5.85. The summed E-state index contributed by atoms with van der Waals surface area (Å²) in [5, 5.41) is 38.1. The van der Waals surface area contributed by atoms with Gasteiger partial charge in [0.15, 0.2) is 0 Å². The Bertz CT molecular complexity index is 1450. The van der Waals surface area contributed by atoms with Crippen LogP contribution >= 0.6 is 0 Å². The molecule has 10 nitrogen and oxygen atoms in total. The number of aryl methyl sites for hydroxylation is 1. The number of phenolic OH excluding ortho intramolecular Hbond substituents is 2. The lowest BCUT2D eigenvalue weighted by Gasteiger charge is -2.30. The molecule has 10 heteroatoms. The van der Waals surface area contributed by atoms with Crippen molar-refractivity contribution in [2.24, 2.45) is 5.92 Å². The van der Waals surface area contributed by atoms with Crippen molar-refractivity contribution in [2.45, 2.75) is 102 Å². The van der Waals surface area contributed by atoms with Crippen molar-refractivity contribution in [3.8, 4) is 11.5 Å². The molecule has 254 valence electrons. The molecule has 0 saturated heterocycles. The van der Waals surface area contributed by atoms with Crippen molar-refractivity contribution in [3.05, 3.63) is 77.5 Å². The van der Waals surface area contributed by atoms with Crippen molar-refractivity contribution in [3.63, 3.8) is 0 Å². The molecular weight excluding hydrogens is 600 g/mol. The normalized spacial score (nSPS) is 25.4. The molecule has 4 rings (SSSR count). The number of allylic oxidation sites excluding steroid dienone is 6. The number of methoxy groups -OCH3 is 1. The first-order valence-corrected chi connectivity index (χ1v) is 16.5. The Hall–Kier alpha value is -4.15. The number of ether oxygens (including phenoxy) is 2. The SMILES string of the molecule is CO[C@H]1C=CC=CC=CC[C@@H](OC(=O)C2(NC(=O)C3=CCCCC3)CC2)[C@@H](C)[C@H](O)C(C)=CCCc2cc(O)cc(c2O)NC(=O)C1. The fourth-order valence-corrected chi connectivity index (χ4v) is 5.85. The number of anilines is 1. The first-order chi connectivity index (χ1) is 22.5. The smallest absolute Gasteiger partial charge is 0.332 e. The number of carbonyl (C=O) groups is 3. The van der Waals surface area contributed by atoms with E-state index in [0.29, 0.717) is 49.7 Å². The number of aliphatic hydroxyl groups is 1. The number of aliphatic hydroxyl groups excluding tert-OH is 1. The lowest BCUT2D eigenvalue weighted by Crippen LogP contribution is -2.47. The molecule has 0 aromatic heterocycles. The number of carbonyl (C=O) groups excluding carboxylic acids is 3. The van der Waals surface area contributed by atoms with Gasteiger partial charge < -0.3 is 35.4 Å². The molecule has 1 heterocycles. The van der Waals surface area contributed by atoms with Gasteiger partial charge >= 0.3 is 5.97 Å². The summed E-state index contributed by atoms with van der Waals surface area (Å²) >= 11 is 0. The highest BCUT2D eigenvalue weighted by atomic mass is 16.5. The Kier molecular flexibility index (Phi) is 12.6. The molecule has 4 atom stereocenters. The lowest BCUT2D eigenvalue weighted by molar-refractivity contribution is -0.158. The van der Waals surface area contributed by atoms with Crippen LogP contribution in [0.3, 0.4) is 0 Å². The minimum atomic E-state index is -1.04. The first-order valence-electron chi connectivity index (χ1n) is 16.5. The van der Waals surface area contributed by atoms with Crippen LogP contribution in [0.1, 0.15) is 77.2 Å². The molecule has 2 bridgehead atoms. The molecule has 5 N–H and O–H groups in total. The van der Waals surface area contributed by atoms with E-state index in [2.05, 4.69) is 10.6 Å². The number of nitrogens with one attached hydrogen (secondary N) is 2. The third kappa shape index (κ3) is 9.92. The Labute approximate surface area is 276 Å². The molecule has 47 heavy (non-hydrogen) atoms. The summed E-state index contributed by atoms with van der Waals surface area (Å²) in [7, 11) is 1.49. The van der Waals surface area contributed by atoms with Crippen LogP contribution in [0.5, 0.6) is 11.5 Å². The number of hydrogen-bond donors (Lipinski definition) is 5. The van der Waals surface area contributed by atoms with Crippen molar-refractivity contribution in [1.82, 2.24) is 5.32 Å². The maximum atomic E-state index is 13.5. The maximum absolute atomic E-state index is 13.5. The number of esters is 1. The zero-order chi connectivity index (χ0) is 34.0. The van der Waals surface area contributed by atoms with Gasteiger partial charge in [-0.2, -0.15) is 0 Å². The number of fused-ring (bicyclic) bond motifs is 2. The average molecular weight is 649 g/mol. The van der Waals surface area contributed by atoms with E-state index < -0.39 is 41.6 Å². The molecular formula is C37H48N2O8. The highest BCUT2D eigenvalue weighted by molar-refractivity contribution is 5.99. The summed E-state index contributed by atoms with van der Waals surface area (Å²) in [5.41, 5.74) is 0.868. The van der Waals surface area contributed by atoms with Gasteiger partial charge in [0.1, 0.15) is 23.1 Å². The summed E-state index contributed by atoms with van der Waals surface area (Å²) in [6.45, 7) is 3.62. The minimum Gasteiger partial charge on any atom is -0.508 e. The maximum Gasteiger partial charge on any atom is 0.332 e. The van der Waals surface area contributed by atoms with E-state index in [4.69, 9.17) is 9.47 Å². The predicted molar refractivity (Wildman–Crippen MR) is 180 cm³/mol. The highest BCUT2D eigenvalue weighted by Crippen LogP contribution is 2.39. The molecule has 1 saturated carbocycles. The van der Waals surface area contributed by atoms with Gasteiger partial charge in [-0.05, 0) is 75.5 Å². The number of phenols is 2. The second-order valence-electron chi connectivity index (χ2n) is 12.7. The number of aromatic hydroxyl groups is 2. The lowest BCUT2D eigenvalue weighted by atomic mass is 9.90. The fraction of sp³-hybridized carbons (Fsp3) is 0.486. The Balaban J connectivity index is 1.55. The topological polar surface area (TPSA) is 154 Å². The molecule has 2 aliphatic carbocycles. The monoisotopic (exact) mass is 648 g/mol. The van der Waals surface area contributed by atoms with Gasteiger partial charge in [0.2, 0.25) is 11.8 Å². The third-order valence-corrected chi connectivity index (χ3v) is 9.07. The summed E-state index contributed by atoms with van der Waals surface area (Å²) in [4.78, 5) is 39.1. The predicted octanol–water partition coefficient (Wildman–Crippen LogP) is 5.45. The van der Waals surface area contributed by atoms with E-state index in [1.165, 1.54) is 19.2 Å². The van der Waals surface area contributed by atoms with E-state index >= 15 is 0 Å². The highest BCUT2D eigenvalue weighted by Gasteiger charge is 2.54. The van der Waals surface area contributed by atoms with Crippen molar-refractivity contribution < 1.29 is 39.2 Å². The van der Waals surface area contributed by atoms with Crippen LogP contribution in [0, 0.1) is 5.92 Å². The van der Waals surface area contributed by atoms with Gasteiger partial charge in [-0.15, -0.1) is 0 Å². The van der Waals surface area contributed by atoms with E-state index in [-0.39, 0.29) is 29.5 Å². The number of hydrogen-bond acceptors (Lipinski definition) is 8. The second kappa shape index (κ2) is 16.6. The van der Waals surface area contributed by atoms with E-state index in [1.54, 1.807) is 31.2 Å². The molecule has 0 spiro atoms. The van der Waals surface area contributed by atoms with Crippen LogP contribution in [-0.2, 0) is 30.3 Å². The van der Waals surface area contributed by atoms with Gasteiger partial charge in [0.25, 0.3) is 0 Å². The molecule has 0 radical (unpaired) electrons. The molecule has 2 amide bonds. The molecule has 3 aliphatic rings. The van der Waals surface area contributed by atoms with Crippen LogP contribution in [0.25, 0.3) is 0 Å². The first kappa shape index (κ1) is 35.7. The van der Waals surface area contributed by atoms with Crippen molar-refractivity contribution in [2.75, 3.05) is 12.4 Å². The third-order valence-electron chi connectivity index (χ3n) is 9.07. The molecule has 0 unspecified atom stereocenters. The van der Waals surface area contributed by atoms with E-state index in [0.717, 1.165) is 24.8 Å². The Morgan fingerprint density at radius 3 is 2.49 bits per heavy atom. The van der Waals surface area contributed by atoms with Gasteiger partial charge in [-0.3, -0.25) is 9.59 Å². The van der Waals surface area contributed by atoms with Gasteiger partial charge in [0.05, 0.1) is 24.3 Å². The summed E-state index contributed by atoms with van der Waals surface area (Å²) in [6.07, 6.45) is 18.0. The van der Waals surface area contributed by atoms with Crippen LogP contribution in [0.4, 0.5) is 5.69 Å². The molecule has 1 aliphatic heterocycles. The van der Waals surface area contributed by atoms with Crippen molar-refractivity contribution >= 4 is 23.5 Å². The van der Waals surface area contributed by atoms with Crippen molar-refractivity contribution in [1.29, 1.82) is 0 Å². The molecule has 1 aromatic carbocycles. The number of benzene rings is 1. The van der Waals surface area contributed by atoms with Crippen LogP contribution in [-0.4, -0.2) is 64.1 Å². The van der Waals surface area contributed by atoms with Gasteiger partial charge in [-0.1, -0.05) is 55.5 Å². The van der Waals surface area contributed by atoms with Crippen LogP contribution in [0.15, 0.2) is 71.9 Å². The zero-order valence-corrected chi connectivity index (χ0v) is 27.5. The average Bonchev–Trinajstić information content (AvgIpc) is 3.84. The Morgan fingerprint density at radius 1 is 1.02 bits per heavy atom. The van der Waals surface area contributed by atoms with Crippen LogP contribution < -0.4 is 10.6 Å². The summed E-state index contributed by atoms with van der Waals surface area (Å²) in [5.74, 6) is -1.83. The molecule has 1 fully saturated rings. The minimum absolute atomic E-state index is 0.00852. The largest absolute Gasteiger partial charge is 0.508 e. The van der Waals surface area contributed by atoms with E-state index in [1.807, 2.05) is 31.2 Å². The summed E-state index contributed by atoms with van der Waals surface area (Å²) < 4.78 is 11.5. The van der Waals surface area contributed by atoms with Crippen LogP contribution in [0.2, 0.25) is 0 Å². The Morgan fingerprint density at radius 2 is 1.79 bits per heavy atom. The zero-order valence-electron chi connectivity index (χ0n) is 27.5. The number of rotatable bonds is 5. The van der Waals surface area contributed by atoms with Gasteiger partial charge in [-0.25, -0.2) is 4.79 Å². The standard InChI is InChI=1S/C37H48N2O8/c1-24-13-12-16-27-21-28(40)22-30(34(27)43)38-32(41)23-29(46-3)17-10-5-4-6-11-18-31(25(2)33(24)42)47-36(45)37(19-20-37)39-35(44)26-14-8-7-9-15-26/h4-6,10-11,13-14,17,21-22,25,29,31,33,40,42-43H,7-9,12,15-16,18-20,23H2,1-3H3,(H,38,41)(H,39,44)/t25-,29+,31-,33-/m1/s1. The van der Waals surface area contributed by atoms with E-state index in [9.17, 15) is 29.7 Å².